The van der Waals surface area contributed by atoms with Crippen LogP contribution in [0.3, 0.4) is 0 Å². The molecule has 7 heteroatoms. The zero-order chi connectivity index (χ0) is 15.3. The molecule has 1 aromatic heterocycles. The molecule has 1 N–H and O–H groups in total. The molecule has 0 saturated heterocycles. The lowest BCUT2D eigenvalue weighted by atomic mass is 10.3. The molecule has 5 nitrogen and oxygen atoms in total. The predicted octanol–water partition coefficient (Wildman–Crippen LogP) is 2.85. The molecule has 0 radical (unpaired) electrons. The van der Waals surface area contributed by atoms with E-state index in [9.17, 15) is 8.42 Å². The number of rotatable bonds is 6. The number of hydrogen-bond acceptors (Lipinski definition) is 5. The minimum absolute atomic E-state index is 0.0426. The number of hydrogen-bond donors (Lipinski definition) is 1. The summed E-state index contributed by atoms with van der Waals surface area (Å²) in [4.78, 5) is 3.20. The summed E-state index contributed by atoms with van der Waals surface area (Å²) in [5.41, 5.74) is 0. The normalized spacial score (nSPS) is 12.0. The van der Waals surface area contributed by atoms with Gasteiger partial charge in [-0.15, -0.1) is 11.3 Å². The number of benzene rings is 1. The Morgan fingerprint density at radius 2 is 1.95 bits per heavy atom. The molecule has 0 aliphatic rings. The van der Waals surface area contributed by atoms with Crippen molar-refractivity contribution in [3.63, 3.8) is 0 Å². The number of ether oxygens (including phenoxy) is 1. The molecule has 1 heterocycles. The highest BCUT2D eigenvalue weighted by atomic mass is 32.2. The van der Waals surface area contributed by atoms with Gasteiger partial charge in [-0.3, -0.25) is 0 Å². The minimum atomic E-state index is -3.66. The maximum Gasteiger partial charge on any atom is 0.276 e. The topological polar surface area (TPSA) is 67.8 Å². The largest absolute Gasteiger partial charge is 0.491 e. The van der Waals surface area contributed by atoms with E-state index in [0.717, 1.165) is 4.88 Å². The number of thiophene rings is 1. The second-order valence-corrected chi connectivity index (χ2v) is 7.15. The average Bonchev–Trinajstić information content (AvgIpc) is 2.91. The van der Waals surface area contributed by atoms with Crippen molar-refractivity contribution in [2.24, 2.45) is 5.10 Å². The van der Waals surface area contributed by atoms with Crippen LogP contribution in [0.1, 0.15) is 18.7 Å². The molecule has 0 fully saturated rings. The molecule has 0 amide bonds. The molecular weight excluding hydrogens is 308 g/mol. The highest BCUT2D eigenvalue weighted by Crippen LogP contribution is 2.17. The zero-order valence-corrected chi connectivity index (χ0v) is 13.3. The fraction of sp³-hybridized carbons (Fsp3) is 0.214. The van der Waals surface area contributed by atoms with Crippen LogP contribution in [0.2, 0.25) is 0 Å². The van der Waals surface area contributed by atoms with Gasteiger partial charge in [0.05, 0.1) is 17.2 Å². The van der Waals surface area contributed by atoms with Gasteiger partial charge in [-0.1, -0.05) is 6.07 Å². The van der Waals surface area contributed by atoms with Gasteiger partial charge in [0.1, 0.15) is 5.75 Å². The lowest BCUT2D eigenvalue weighted by molar-refractivity contribution is 0.242. The SMILES string of the molecule is CC(C)Oc1ccc(S(=O)(=O)N/N=C/c2cccs2)cc1. The van der Waals surface area contributed by atoms with Crippen LogP contribution in [0, 0.1) is 0 Å². The van der Waals surface area contributed by atoms with Gasteiger partial charge in [0, 0.05) is 4.88 Å². The van der Waals surface area contributed by atoms with Gasteiger partial charge in [0.25, 0.3) is 10.0 Å². The van der Waals surface area contributed by atoms with Crippen LogP contribution < -0.4 is 9.57 Å². The van der Waals surface area contributed by atoms with Crippen molar-refractivity contribution in [2.75, 3.05) is 0 Å². The molecular formula is C14H16N2O3S2. The van der Waals surface area contributed by atoms with E-state index >= 15 is 0 Å². The highest BCUT2D eigenvalue weighted by Gasteiger charge is 2.12. The summed E-state index contributed by atoms with van der Waals surface area (Å²) < 4.78 is 29.5. The Morgan fingerprint density at radius 3 is 2.52 bits per heavy atom. The maximum atomic E-state index is 12.0. The van der Waals surface area contributed by atoms with Crippen molar-refractivity contribution in [1.82, 2.24) is 4.83 Å². The molecule has 0 aliphatic carbocycles. The molecule has 112 valence electrons. The molecule has 0 spiro atoms. The van der Waals surface area contributed by atoms with Gasteiger partial charge >= 0.3 is 0 Å². The summed E-state index contributed by atoms with van der Waals surface area (Å²) in [5.74, 6) is 0.631. The molecule has 0 bridgehead atoms. The van der Waals surface area contributed by atoms with Gasteiger partial charge in [-0.25, -0.2) is 4.83 Å². The quantitative estimate of drug-likeness (QED) is 0.656. The Bertz CT molecular complexity index is 690. The van der Waals surface area contributed by atoms with E-state index in [2.05, 4.69) is 9.93 Å². The molecule has 0 saturated carbocycles. The van der Waals surface area contributed by atoms with Crippen molar-refractivity contribution < 1.29 is 13.2 Å². The summed E-state index contributed by atoms with van der Waals surface area (Å²) in [6, 6.07) is 9.94. The number of sulfonamides is 1. The standard InChI is InChI=1S/C14H16N2O3S2/c1-11(2)19-12-5-7-14(8-6-12)21(17,18)16-15-10-13-4-3-9-20-13/h3-11,16H,1-2H3/b15-10+. The molecule has 2 aromatic rings. The van der Waals surface area contributed by atoms with E-state index in [1.807, 2.05) is 31.4 Å². The average molecular weight is 324 g/mol. The fourth-order valence-electron chi connectivity index (χ4n) is 1.55. The molecule has 21 heavy (non-hydrogen) atoms. The first-order valence-corrected chi connectivity index (χ1v) is 8.69. The van der Waals surface area contributed by atoms with Crippen LogP contribution in [0.4, 0.5) is 0 Å². The molecule has 0 atom stereocenters. The monoisotopic (exact) mass is 324 g/mol. The number of nitrogens with zero attached hydrogens (tertiary/aromatic N) is 1. The smallest absolute Gasteiger partial charge is 0.276 e. The molecule has 1 aromatic carbocycles. The summed E-state index contributed by atoms with van der Waals surface area (Å²) in [7, 11) is -3.66. The van der Waals surface area contributed by atoms with Crippen molar-refractivity contribution in [2.45, 2.75) is 24.8 Å². The van der Waals surface area contributed by atoms with E-state index in [-0.39, 0.29) is 11.0 Å². The van der Waals surface area contributed by atoms with Gasteiger partial charge < -0.3 is 4.74 Å². The number of nitrogens with one attached hydrogen (secondary N) is 1. The third-order valence-corrected chi connectivity index (χ3v) is 4.46. The van der Waals surface area contributed by atoms with Crippen LogP contribution in [0.15, 0.2) is 51.8 Å². The summed E-state index contributed by atoms with van der Waals surface area (Å²) in [5, 5.41) is 5.64. The van der Waals surface area contributed by atoms with Crippen LogP contribution in [0.5, 0.6) is 5.75 Å². The minimum Gasteiger partial charge on any atom is -0.491 e. The van der Waals surface area contributed by atoms with Crippen LogP contribution in [-0.4, -0.2) is 20.7 Å². The van der Waals surface area contributed by atoms with E-state index in [1.165, 1.54) is 29.7 Å². The second-order valence-electron chi connectivity index (χ2n) is 4.51. The van der Waals surface area contributed by atoms with Crippen molar-refractivity contribution >= 4 is 27.6 Å². The lowest BCUT2D eigenvalue weighted by Gasteiger charge is -2.10. The lowest BCUT2D eigenvalue weighted by Crippen LogP contribution is -2.18. The van der Waals surface area contributed by atoms with E-state index in [4.69, 9.17) is 4.74 Å². The summed E-state index contributed by atoms with van der Waals surface area (Å²) in [6.45, 7) is 3.82. The summed E-state index contributed by atoms with van der Waals surface area (Å²) in [6.07, 6.45) is 1.51. The van der Waals surface area contributed by atoms with Crippen molar-refractivity contribution in [1.29, 1.82) is 0 Å². The highest BCUT2D eigenvalue weighted by molar-refractivity contribution is 7.89. The summed E-state index contributed by atoms with van der Waals surface area (Å²) >= 11 is 1.48. The Morgan fingerprint density at radius 1 is 1.24 bits per heavy atom. The first-order valence-electron chi connectivity index (χ1n) is 6.32. The zero-order valence-electron chi connectivity index (χ0n) is 11.7. The van der Waals surface area contributed by atoms with Crippen molar-refractivity contribution in [3.05, 3.63) is 46.7 Å². The third kappa shape index (κ3) is 4.57. The first-order chi connectivity index (χ1) is 9.97. The Hall–Kier alpha value is -1.86. The van der Waals surface area contributed by atoms with E-state index in [0.29, 0.717) is 5.75 Å². The molecule has 2 rings (SSSR count). The van der Waals surface area contributed by atoms with Gasteiger partial charge in [-0.2, -0.15) is 13.5 Å². The van der Waals surface area contributed by atoms with Crippen LogP contribution >= 0.6 is 11.3 Å². The second kappa shape index (κ2) is 6.73. The Balaban J connectivity index is 2.05. The fourth-order valence-corrected chi connectivity index (χ4v) is 2.92. The van der Waals surface area contributed by atoms with E-state index < -0.39 is 10.0 Å². The van der Waals surface area contributed by atoms with Gasteiger partial charge in [0.2, 0.25) is 0 Å². The van der Waals surface area contributed by atoms with Gasteiger partial charge in [-0.05, 0) is 49.6 Å². The maximum absolute atomic E-state index is 12.0. The molecule has 0 unspecified atom stereocenters. The third-order valence-electron chi connectivity index (χ3n) is 2.41. The Labute approximate surface area is 128 Å². The van der Waals surface area contributed by atoms with Crippen LogP contribution in [-0.2, 0) is 10.0 Å². The van der Waals surface area contributed by atoms with Gasteiger partial charge in [0.15, 0.2) is 0 Å². The van der Waals surface area contributed by atoms with E-state index in [1.54, 1.807) is 12.1 Å². The Kier molecular flexibility index (Phi) is 4.98. The van der Waals surface area contributed by atoms with Crippen molar-refractivity contribution in [3.8, 4) is 5.75 Å². The number of hydrazone groups is 1. The predicted molar refractivity (Wildman–Crippen MR) is 84.4 cm³/mol. The molecule has 0 aliphatic heterocycles. The first kappa shape index (κ1) is 15.5. The van der Waals surface area contributed by atoms with Crippen LogP contribution in [0.25, 0.3) is 0 Å².